The van der Waals surface area contributed by atoms with Gasteiger partial charge in [0.05, 0.1) is 5.60 Å². The number of ether oxygens (including phenoxy) is 3. The molecule has 0 fully saturated rings. The van der Waals surface area contributed by atoms with Crippen molar-refractivity contribution in [3.63, 3.8) is 0 Å². The second-order valence-corrected chi connectivity index (χ2v) is 7.99. The van der Waals surface area contributed by atoms with Crippen molar-refractivity contribution in [1.29, 1.82) is 0 Å². The van der Waals surface area contributed by atoms with Crippen LogP contribution in [0.4, 0.5) is 17.6 Å². The maximum Gasteiger partial charge on any atom is 0.390 e. The molecule has 0 aromatic heterocycles. The van der Waals surface area contributed by atoms with Gasteiger partial charge in [0.25, 0.3) is 0 Å². The zero-order chi connectivity index (χ0) is 20.5. The van der Waals surface area contributed by atoms with Gasteiger partial charge >= 0.3 is 18.2 Å². The molecular weight excluding hydrogens is 344 g/mol. The second-order valence-electron chi connectivity index (χ2n) is 7.99. The van der Waals surface area contributed by atoms with Crippen LogP contribution in [-0.4, -0.2) is 36.0 Å². The highest BCUT2D eigenvalue weighted by molar-refractivity contribution is 5.86. The molecular formula is C17H28F4O4. The van der Waals surface area contributed by atoms with Gasteiger partial charge in [0.2, 0.25) is 0 Å². The molecule has 8 heteroatoms. The number of hydrogen-bond donors (Lipinski definition) is 0. The van der Waals surface area contributed by atoms with Crippen LogP contribution in [0.2, 0.25) is 0 Å². The summed E-state index contributed by atoms with van der Waals surface area (Å²) in [6.45, 7) is 12.5. The van der Waals surface area contributed by atoms with Gasteiger partial charge in [0.15, 0.2) is 12.2 Å². The molecule has 0 aromatic carbocycles. The Kier molecular flexibility index (Phi) is 6.90. The average Bonchev–Trinajstić information content (AvgIpc) is 2.31. The van der Waals surface area contributed by atoms with Crippen LogP contribution >= 0.6 is 0 Å². The van der Waals surface area contributed by atoms with Gasteiger partial charge in [0, 0.05) is 5.57 Å². The fraction of sp³-hybridized carbons (Fsp3) is 0.824. The highest BCUT2D eigenvalue weighted by Gasteiger charge is 2.58. The van der Waals surface area contributed by atoms with Crippen LogP contribution in [-0.2, 0) is 19.0 Å². The highest BCUT2D eigenvalue weighted by atomic mass is 19.3. The van der Waals surface area contributed by atoms with E-state index in [-0.39, 0.29) is 5.57 Å². The molecule has 0 rings (SSSR count). The molecule has 0 amide bonds. The van der Waals surface area contributed by atoms with Crippen LogP contribution < -0.4 is 0 Å². The van der Waals surface area contributed by atoms with E-state index in [9.17, 15) is 22.4 Å². The molecule has 0 heterocycles. The predicted molar refractivity (Wildman–Crippen MR) is 85.5 cm³/mol. The maximum atomic E-state index is 14.5. The standard InChI is InChI=1S/C17H28F4O4/c1-11(2)12(22)23-10-16(18,19)24-15(8,9)17(20,21)25-14(6,7)13(3,4)5/h1,10H2,2-9H3. The van der Waals surface area contributed by atoms with Gasteiger partial charge in [-0.3, -0.25) is 0 Å². The van der Waals surface area contributed by atoms with Crippen molar-refractivity contribution in [3.8, 4) is 0 Å². The fourth-order valence-electron chi connectivity index (χ4n) is 1.33. The fourth-order valence-corrected chi connectivity index (χ4v) is 1.33. The van der Waals surface area contributed by atoms with Crippen molar-refractivity contribution < 1.29 is 36.6 Å². The van der Waals surface area contributed by atoms with Gasteiger partial charge in [-0.2, -0.15) is 17.6 Å². The van der Waals surface area contributed by atoms with E-state index in [0.717, 1.165) is 13.8 Å². The van der Waals surface area contributed by atoms with Crippen molar-refractivity contribution in [2.75, 3.05) is 6.61 Å². The average molecular weight is 372 g/mol. The molecule has 148 valence electrons. The van der Waals surface area contributed by atoms with Crippen molar-refractivity contribution in [1.82, 2.24) is 0 Å². The van der Waals surface area contributed by atoms with E-state index in [2.05, 4.69) is 16.1 Å². The molecule has 25 heavy (non-hydrogen) atoms. The van der Waals surface area contributed by atoms with Gasteiger partial charge in [-0.25, -0.2) is 4.79 Å². The molecule has 0 radical (unpaired) electrons. The summed E-state index contributed by atoms with van der Waals surface area (Å²) < 4.78 is 70.0. The lowest BCUT2D eigenvalue weighted by Crippen LogP contribution is -2.56. The summed E-state index contributed by atoms with van der Waals surface area (Å²) >= 11 is 0. The van der Waals surface area contributed by atoms with E-state index in [0.29, 0.717) is 0 Å². The molecule has 4 nitrogen and oxygen atoms in total. The van der Waals surface area contributed by atoms with Crippen molar-refractivity contribution >= 4 is 5.97 Å². The molecule has 0 aliphatic heterocycles. The highest BCUT2D eigenvalue weighted by Crippen LogP contribution is 2.44. The zero-order valence-electron chi connectivity index (χ0n) is 16.1. The quantitative estimate of drug-likeness (QED) is 0.344. The Morgan fingerprint density at radius 2 is 1.32 bits per heavy atom. The van der Waals surface area contributed by atoms with Crippen LogP contribution in [0.5, 0.6) is 0 Å². The minimum absolute atomic E-state index is 0.101. The molecule has 0 unspecified atom stereocenters. The monoisotopic (exact) mass is 372 g/mol. The summed E-state index contributed by atoms with van der Waals surface area (Å²) in [6, 6.07) is 0. The van der Waals surface area contributed by atoms with E-state index in [1.165, 1.54) is 20.8 Å². The van der Waals surface area contributed by atoms with Gasteiger partial charge < -0.3 is 14.2 Å². The first-order valence-electron chi connectivity index (χ1n) is 7.73. The van der Waals surface area contributed by atoms with Gasteiger partial charge in [-0.15, -0.1) is 0 Å². The number of rotatable bonds is 8. The molecule has 0 bridgehead atoms. The number of esters is 1. The Morgan fingerprint density at radius 1 is 0.880 bits per heavy atom. The van der Waals surface area contributed by atoms with E-state index < -0.39 is 41.4 Å². The first kappa shape index (κ1) is 23.9. The Balaban J connectivity index is 5.20. The van der Waals surface area contributed by atoms with Gasteiger partial charge in [0.1, 0.15) is 0 Å². The second kappa shape index (κ2) is 7.23. The molecule has 0 atom stereocenters. The number of carbonyl (C=O) groups excluding carboxylic acids is 1. The summed E-state index contributed by atoms with van der Waals surface area (Å²) in [6.07, 6.45) is -8.17. The number of alkyl halides is 4. The van der Waals surface area contributed by atoms with Crippen LogP contribution in [0.1, 0.15) is 55.4 Å². The van der Waals surface area contributed by atoms with Crippen molar-refractivity contribution in [2.45, 2.75) is 78.8 Å². The topological polar surface area (TPSA) is 44.8 Å². The van der Waals surface area contributed by atoms with Crippen LogP contribution in [0, 0.1) is 5.41 Å². The predicted octanol–water partition coefficient (Wildman–Crippen LogP) is 4.93. The smallest absolute Gasteiger partial charge is 0.390 e. The van der Waals surface area contributed by atoms with Crippen molar-refractivity contribution in [3.05, 3.63) is 12.2 Å². The summed E-state index contributed by atoms with van der Waals surface area (Å²) in [7, 11) is 0. The Labute approximate surface area is 146 Å². The minimum atomic E-state index is -4.13. The Morgan fingerprint density at radius 3 is 1.68 bits per heavy atom. The molecule has 0 aliphatic rings. The van der Waals surface area contributed by atoms with Crippen LogP contribution in [0.25, 0.3) is 0 Å². The molecule has 0 aliphatic carbocycles. The number of halogens is 4. The number of hydrogen-bond acceptors (Lipinski definition) is 4. The van der Waals surface area contributed by atoms with Crippen molar-refractivity contribution in [2.24, 2.45) is 5.41 Å². The van der Waals surface area contributed by atoms with E-state index in [4.69, 9.17) is 4.74 Å². The lowest BCUT2D eigenvalue weighted by Gasteiger charge is -2.45. The van der Waals surface area contributed by atoms with Gasteiger partial charge in [-0.1, -0.05) is 27.4 Å². The third-order valence-electron chi connectivity index (χ3n) is 4.01. The maximum absolute atomic E-state index is 14.5. The lowest BCUT2D eigenvalue weighted by atomic mass is 9.79. The minimum Gasteiger partial charge on any atom is -0.453 e. The lowest BCUT2D eigenvalue weighted by molar-refractivity contribution is -0.418. The molecule has 0 saturated carbocycles. The van der Waals surface area contributed by atoms with E-state index >= 15 is 0 Å². The molecule has 0 spiro atoms. The third-order valence-corrected chi connectivity index (χ3v) is 4.01. The number of carbonyl (C=O) groups is 1. The van der Waals surface area contributed by atoms with Crippen LogP contribution in [0.3, 0.4) is 0 Å². The molecule has 0 saturated heterocycles. The van der Waals surface area contributed by atoms with Gasteiger partial charge in [-0.05, 0) is 40.0 Å². The summed E-state index contributed by atoms with van der Waals surface area (Å²) in [5.41, 5.74) is -4.81. The summed E-state index contributed by atoms with van der Waals surface area (Å²) in [5.74, 6) is -1.07. The van der Waals surface area contributed by atoms with Crippen LogP contribution in [0.15, 0.2) is 12.2 Å². The van der Waals surface area contributed by atoms with E-state index in [1.54, 1.807) is 20.8 Å². The Hall–Kier alpha value is -1.15. The summed E-state index contributed by atoms with van der Waals surface area (Å²) in [5, 5.41) is 0. The molecule has 0 N–H and O–H groups in total. The molecule has 0 aromatic rings. The first-order valence-corrected chi connectivity index (χ1v) is 7.73. The Bertz CT molecular complexity index is 505. The summed E-state index contributed by atoms with van der Waals surface area (Å²) in [4.78, 5) is 11.2. The first-order chi connectivity index (χ1) is 10.7. The SMILES string of the molecule is C=C(C)C(=O)OCC(F)(F)OC(C)(C)C(F)(F)OC(C)(C)C(C)(C)C. The largest absolute Gasteiger partial charge is 0.453 e. The zero-order valence-corrected chi connectivity index (χ0v) is 16.1. The normalized spacial score (nSPS) is 14.4. The third kappa shape index (κ3) is 6.58. The van der Waals surface area contributed by atoms with E-state index in [1.807, 2.05) is 0 Å².